The van der Waals surface area contributed by atoms with Crippen molar-refractivity contribution in [3.8, 4) is 11.3 Å². The van der Waals surface area contributed by atoms with Gasteiger partial charge in [-0.15, -0.1) is 0 Å². The lowest BCUT2D eigenvalue weighted by molar-refractivity contribution is 0.0338. The number of amides is 1. The van der Waals surface area contributed by atoms with Crippen LogP contribution >= 0.6 is 0 Å². The van der Waals surface area contributed by atoms with Crippen molar-refractivity contribution < 1.29 is 9.90 Å². The largest absolute Gasteiger partial charge is 0.396 e. The van der Waals surface area contributed by atoms with E-state index in [9.17, 15) is 9.90 Å². The van der Waals surface area contributed by atoms with E-state index in [2.05, 4.69) is 12.0 Å². The molecule has 5 heteroatoms. The molecule has 0 aliphatic carbocycles. The van der Waals surface area contributed by atoms with Gasteiger partial charge in [0.05, 0.1) is 5.56 Å². The first-order chi connectivity index (χ1) is 11.6. The van der Waals surface area contributed by atoms with Crippen LogP contribution < -0.4 is 0 Å². The molecule has 0 unspecified atom stereocenters. The summed E-state index contributed by atoms with van der Waals surface area (Å²) < 4.78 is 1.70. The van der Waals surface area contributed by atoms with Crippen LogP contribution in [0.2, 0.25) is 0 Å². The minimum absolute atomic E-state index is 0.0199. The predicted molar refractivity (Wildman–Crippen MR) is 93.6 cm³/mol. The molecule has 1 aromatic heterocycles. The summed E-state index contributed by atoms with van der Waals surface area (Å²) in [4.78, 5) is 14.9. The van der Waals surface area contributed by atoms with Gasteiger partial charge >= 0.3 is 0 Å². The average Bonchev–Trinajstić information content (AvgIpc) is 3.04. The third kappa shape index (κ3) is 3.08. The number of piperidine rings is 1. The maximum absolute atomic E-state index is 13.0. The Kier molecular flexibility index (Phi) is 4.71. The molecule has 1 aliphatic heterocycles. The highest BCUT2D eigenvalue weighted by Crippen LogP contribution is 2.35. The zero-order valence-corrected chi connectivity index (χ0v) is 14.4. The summed E-state index contributed by atoms with van der Waals surface area (Å²) in [5.74, 6) is 0.0320. The summed E-state index contributed by atoms with van der Waals surface area (Å²) in [7, 11) is 1.84. The Bertz CT molecular complexity index is 695. The van der Waals surface area contributed by atoms with Gasteiger partial charge in [-0.05, 0) is 24.7 Å². The highest BCUT2D eigenvalue weighted by molar-refractivity contribution is 5.99. The van der Waals surface area contributed by atoms with E-state index < -0.39 is 0 Å². The molecule has 0 bridgehead atoms. The number of benzene rings is 1. The first kappa shape index (κ1) is 16.7. The first-order valence-electron chi connectivity index (χ1n) is 8.58. The normalized spacial score (nSPS) is 17.0. The molecule has 1 amide bonds. The Morgan fingerprint density at radius 2 is 1.92 bits per heavy atom. The highest BCUT2D eigenvalue weighted by Gasteiger charge is 2.35. The van der Waals surface area contributed by atoms with E-state index in [1.807, 2.05) is 42.3 Å². The fraction of sp³-hybridized carbons (Fsp3) is 0.474. The van der Waals surface area contributed by atoms with Gasteiger partial charge in [0.25, 0.3) is 5.91 Å². The van der Waals surface area contributed by atoms with Crippen LogP contribution in [-0.2, 0) is 7.05 Å². The number of nitrogens with zero attached hydrogens (tertiary/aromatic N) is 3. The quantitative estimate of drug-likeness (QED) is 0.939. The summed E-state index contributed by atoms with van der Waals surface area (Å²) in [6.45, 7) is 3.70. The Hall–Kier alpha value is -2.14. The van der Waals surface area contributed by atoms with E-state index >= 15 is 0 Å². The molecule has 0 radical (unpaired) electrons. The third-order valence-corrected chi connectivity index (χ3v) is 5.30. The van der Waals surface area contributed by atoms with Gasteiger partial charge in [0.15, 0.2) is 0 Å². The van der Waals surface area contributed by atoms with Crippen molar-refractivity contribution >= 4 is 5.91 Å². The van der Waals surface area contributed by atoms with Crippen LogP contribution in [0.5, 0.6) is 0 Å². The van der Waals surface area contributed by atoms with Crippen LogP contribution in [0.1, 0.15) is 36.5 Å². The monoisotopic (exact) mass is 327 g/mol. The van der Waals surface area contributed by atoms with Crippen molar-refractivity contribution in [2.75, 3.05) is 19.7 Å². The lowest BCUT2D eigenvalue weighted by Gasteiger charge is -2.40. The fourth-order valence-electron chi connectivity index (χ4n) is 3.43. The molecule has 0 saturated carbocycles. The number of hydrogen-bond donors (Lipinski definition) is 1. The summed E-state index contributed by atoms with van der Waals surface area (Å²) >= 11 is 0. The highest BCUT2D eigenvalue weighted by atomic mass is 16.3. The van der Waals surface area contributed by atoms with Gasteiger partial charge in [-0.25, -0.2) is 0 Å². The van der Waals surface area contributed by atoms with Crippen LogP contribution in [0.15, 0.2) is 36.5 Å². The number of carbonyl (C=O) groups excluding carboxylic acids is 1. The molecular formula is C19H25N3O2. The van der Waals surface area contributed by atoms with Crippen molar-refractivity contribution in [3.05, 3.63) is 42.1 Å². The number of carbonyl (C=O) groups is 1. The van der Waals surface area contributed by atoms with Crippen molar-refractivity contribution in [1.82, 2.24) is 14.7 Å². The molecule has 1 aromatic carbocycles. The molecular weight excluding hydrogens is 302 g/mol. The number of aliphatic hydroxyl groups is 1. The van der Waals surface area contributed by atoms with Crippen LogP contribution in [-0.4, -0.2) is 45.4 Å². The molecule has 0 atom stereocenters. The average molecular weight is 327 g/mol. The lowest BCUT2D eigenvalue weighted by atomic mass is 9.77. The molecule has 24 heavy (non-hydrogen) atoms. The van der Waals surface area contributed by atoms with Gasteiger partial charge in [0.1, 0.15) is 5.69 Å². The van der Waals surface area contributed by atoms with Gasteiger partial charge < -0.3 is 10.0 Å². The van der Waals surface area contributed by atoms with Gasteiger partial charge in [0.2, 0.25) is 0 Å². The first-order valence-corrected chi connectivity index (χ1v) is 8.58. The SMILES string of the molecule is CCC1(CO)CCN(C(=O)c2cn(C)nc2-c2ccccc2)CC1. The van der Waals surface area contributed by atoms with E-state index in [0.717, 1.165) is 30.5 Å². The van der Waals surface area contributed by atoms with Crippen molar-refractivity contribution in [1.29, 1.82) is 0 Å². The predicted octanol–water partition coefficient (Wildman–Crippen LogP) is 2.71. The second kappa shape index (κ2) is 6.77. The standard InChI is InChI=1S/C19H25N3O2/c1-3-19(14-23)9-11-22(12-10-19)18(24)16-13-21(2)20-17(16)15-7-5-4-6-8-15/h4-8,13,23H,3,9-12,14H2,1-2H3. The van der Waals surface area contributed by atoms with E-state index in [1.54, 1.807) is 10.9 Å². The number of rotatable bonds is 4. The van der Waals surface area contributed by atoms with Crippen LogP contribution in [0.25, 0.3) is 11.3 Å². The van der Waals surface area contributed by atoms with Gasteiger partial charge in [-0.2, -0.15) is 5.10 Å². The summed E-state index contributed by atoms with van der Waals surface area (Å²) in [6.07, 6.45) is 4.46. The number of aliphatic hydroxyl groups excluding tert-OH is 1. The molecule has 1 aliphatic rings. The van der Waals surface area contributed by atoms with Gasteiger partial charge in [-0.3, -0.25) is 9.48 Å². The van der Waals surface area contributed by atoms with Crippen LogP contribution in [0.3, 0.4) is 0 Å². The zero-order valence-electron chi connectivity index (χ0n) is 14.4. The number of aryl methyl sites for hydroxylation is 1. The number of likely N-dealkylation sites (tertiary alicyclic amines) is 1. The number of hydrogen-bond acceptors (Lipinski definition) is 3. The molecule has 128 valence electrons. The van der Waals surface area contributed by atoms with Gasteiger partial charge in [0, 0.05) is 38.5 Å². The van der Waals surface area contributed by atoms with Crippen LogP contribution in [0, 0.1) is 5.41 Å². The summed E-state index contributed by atoms with van der Waals surface area (Å²) in [6, 6.07) is 9.82. The minimum Gasteiger partial charge on any atom is -0.396 e. The Balaban J connectivity index is 1.82. The minimum atomic E-state index is -0.0199. The maximum Gasteiger partial charge on any atom is 0.257 e. The van der Waals surface area contributed by atoms with E-state index in [0.29, 0.717) is 18.7 Å². The lowest BCUT2D eigenvalue weighted by Crippen LogP contribution is -2.44. The second-order valence-corrected chi connectivity index (χ2v) is 6.73. The van der Waals surface area contributed by atoms with Crippen LogP contribution in [0.4, 0.5) is 0 Å². The van der Waals surface area contributed by atoms with E-state index in [1.165, 1.54) is 0 Å². The Morgan fingerprint density at radius 1 is 1.25 bits per heavy atom. The molecule has 5 nitrogen and oxygen atoms in total. The summed E-state index contributed by atoms with van der Waals surface area (Å²) in [5, 5.41) is 14.1. The Morgan fingerprint density at radius 3 is 2.50 bits per heavy atom. The molecule has 1 N–H and O–H groups in total. The molecule has 0 spiro atoms. The number of aromatic nitrogens is 2. The van der Waals surface area contributed by atoms with E-state index in [4.69, 9.17) is 0 Å². The molecule has 2 aromatic rings. The second-order valence-electron chi connectivity index (χ2n) is 6.73. The Labute approximate surface area is 142 Å². The van der Waals surface area contributed by atoms with Crippen molar-refractivity contribution in [2.24, 2.45) is 12.5 Å². The topological polar surface area (TPSA) is 58.4 Å². The fourth-order valence-corrected chi connectivity index (χ4v) is 3.43. The van der Waals surface area contributed by atoms with E-state index in [-0.39, 0.29) is 17.9 Å². The van der Waals surface area contributed by atoms with Crippen molar-refractivity contribution in [3.63, 3.8) is 0 Å². The molecule has 3 rings (SSSR count). The zero-order chi connectivity index (χ0) is 17.2. The molecule has 1 saturated heterocycles. The molecule has 2 heterocycles. The third-order valence-electron chi connectivity index (χ3n) is 5.30. The maximum atomic E-state index is 13.0. The molecule has 1 fully saturated rings. The smallest absolute Gasteiger partial charge is 0.257 e. The van der Waals surface area contributed by atoms with Crippen molar-refractivity contribution in [2.45, 2.75) is 26.2 Å². The van der Waals surface area contributed by atoms with Gasteiger partial charge in [-0.1, -0.05) is 37.3 Å². The summed E-state index contributed by atoms with van der Waals surface area (Å²) in [5.41, 5.74) is 2.32.